The molecule has 1 rings (SSSR count). The van der Waals surface area contributed by atoms with Gasteiger partial charge in [0, 0.05) is 6.92 Å². The van der Waals surface area contributed by atoms with Crippen molar-refractivity contribution in [2.45, 2.75) is 51.6 Å². The Hall–Kier alpha value is -0.570. The molecule has 1 aliphatic rings. The van der Waals surface area contributed by atoms with E-state index in [2.05, 4.69) is 5.32 Å². The molecule has 0 heterocycles. The Bertz CT molecular complexity index is 151. The van der Waals surface area contributed by atoms with Crippen molar-refractivity contribution in [3.63, 3.8) is 0 Å². The van der Waals surface area contributed by atoms with Crippen molar-refractivity contribution >= 4 is 5.91 Å². The van der Waals surface area contributed by atoms with Crippen LogP contribution in [0, 0.1) is 0 Å². The molecule has 0 aliphatic heterocycles. The summed E-state index contributed by atoms with van der Waals surface area (Å²) in [5, 5.41) is 2.65. The number of carbonyl (C=O) groups excluding carboxylic acids is 1. The van der Waals surface area contributed by atoms with Crippen LogP contribution in [-0.4, -0.2) is 18.7 Å². The number of hydrogen-bond acceptors (Lipinski definition) is 2. The summed E-state index contributed by atoms with van der Waals surface area (Å²) < 4.78 is 5.54. The van der Waals surface area contributed by atoms with Crippen molar-refractivity contribution in [1.82, 2.24) is 5.32 Å². The van der Waals surface area contributed by atoms with E-state index in [-0.39, 0.29) is 5.91 Å². The molecule has 1 N–H and O–H groups in total. The summed E-state index contributed by atoms with van der Waals surface area (Å²) in [5.41, 5.74) is 0. The first-order chi connectivity index (χ1) is 6.29. The summed E-state index contributed by atoms with van der Waals surface area (Å²) >= 11 is 0. The molecule has 0 aromatic heterocycles. The molecule has 1 fully saturated rings. The Morgan fingerprint density at radius 1 is 1.31 bits per heavy atom. The summed E-state index contributed by atoms with van der Waals surface area (Å²) in [6, 6.07) is 0. The zero-order valence-corrected chi connectivity index (χ0v) is 8.34. The molecule has 13 heavy (non-hydrogen) atoms. The highest BCUT2D eigenvalue weighted by molar-refractivity contribution is 5.72. The van der Waals surface area contributed by atoms with Gasteiger partial charge >= 0.3 is 0 Å². The van der Waals surface area contributed by atoms with E-state index < -0.39 is 0 Å². The Balaban J connectivity index is 2.08. The zero-order valence-electron chi connectivity index (χ0n) is 8.34. The van der Waals surface area contributed by atoms with Gasteiger partial charge in [0.05, 0.1) is 6.10 Å². The fraction of sp³-hybridized carbons (Fsp3) is 0.900. The van der Waals surface area contributed by atoms with E-state index >= 15 is 0 Å². The number of nitrogens with one attached hydrogen (secondary N) is 1. The number of carbonyl (C=O) groups is 1. The van der Waals surface area contributed by atoms with Crippen LogP contribution in [0.25, 0.3) is 0 Å². The lowest BCUT2D eigenvalue weighted by Gasteiger charge is -2.14. The molecule has 3 heteroatoms. The summed E-state index contributed by atoms with van der Waals surface area (Å²) in [4.78, 5) is 10.6. The van der Waals surface area contributed by atoms with E-state index in [1.807, 2.05) is 0 Å². The maximum atomic E-state index is 10.6. The van der Waals surface area contributed by atoms with Gasteiger partial charge in [0.2, 0.25) is 5.91 Å². The summed E-state index contributed by atoms with van der Waals surface area (Å²) in [6.07, 6.45) is 7.88. The molecule has 3 nitrogen and oxygen atoms in total. The second-order valence-corrected chi connectivity index (χ2v) is 3.66. The van der Waals surface area contributed by atoms with Crippen molar-refractivity contribution in [3.8, 4) is 0 Å². The van der Waals surface area contributed by atoms with Gasteiger partial charge in [0.15, 0.2) is 0 Å². The zero-order chi connectivity index (χ0) is 9.52. The van der Waals surface area contributed by atoms with Crippen LogP contribution < -0.4 is 5.32 Å². The highest BCUT2D eigenvalue weighted by atomic mass is 16.5. The summed E-state index contributed by atoms with van der Waals surface area (Å²) in [7, 11) is 0. The molecule has 0 aromatic carbocycles. The molecule has 1 saturated carbocycles. The smallest absolute Gasteiger partial charge is 0.218 e. The largest absolute Gasteiger partial charge is 0.358 e. The predicted octanol–water partition coefficient (Wildman–Crippen LogP) is 1.82. The van der Waals surface area contributed by atoms with Crippen molar-refractivity contribution in [3.05, 3.63) is 0 Å². The van der Waals surface area contributed by atoms with Gasteiger partial charge < -0.3 is 10.1 Å². The van der Waals surface area contributed by atoms with Crippen LogP contribution in [0.1, 0.15) is 45.4 Å². The third-order valence-electron chi connectivity index (χ3n) is 2.44. The van der Waals surface area contributed by atoms with Crippen molar-refractivity contribution in [2.24, 2.45) is 0 Å². The van der Waals surface area contributed by atoms with Crippen LogP contribution >= 0.6 is 0 Å². The minimum absolute atomic E-state index is 0.0198. The lowest BCUT2D eigenvalue weighted by molar-refractivity contribution is -0.121. The Kier molecular flexibility index (Phi) is 4.83. The Morgan fingerprint density at radius 2 is 1.92 bits per heavy atom. The van der Waals surface area contributed by atoms with E-state index in [1.165, 1.54) is 32.6 Å². The van der Waals surface area contributed by atoms with Gasteiger partial charge in [-0.3, -0.25) is 4.79 Å². The number of amides is 1. The molecule has 1 amide bonds. The monoisotopic (exact) mass is 185 g/mol. The van der Waals surface area contributed by atoms with E-state index in [4.69, 9.17) is 4.74 Å². The third kappa shape index (κ3) is 4.88. The van der Waals surface area contributed by atoms with Crippen LogP contribution in [0.2, 0.25) is 0 Å². The minimum atomic E-state index is -0.0198. The summed E-state index contributed by atoms with van der Waals surface area (Å²) in [6.45, 7) is 1.89. The fourth-order valence-electron chi connectivity index (χ4n) is 1.67. The van der Waals surface area contributed by atoms with Crippen LogP contribution in [0.15, 0.2) is 0 Å². The molecule has 0 spiro atoms. The maximum absolute atomic E-state index is 10.6. The number of hydrogen-bond donors (Lipinski definition) is 1. The van der Waals surface area contributed by atoms with E-state index in [1.54, 1.807) is 0 Å². The lowest BCUT2D eigenvalue weighted by atomic mass is 10.2. The van der Waals surface area contributed by atoms with Gasteiger partial charge in [-0.05, 0) is 12.8 Å². The number of ether oxygens (including phenoxy) is 1. The highest BCUT2D eigenvalue weighted by Crippen LogP contribution is 2.19. The van der Waals surface area contributed by atoms with Gasteiger partial charge in [0.25, 0.3) is 0 Å². The standard InChI is InChI=1S/C10H19NO2/c1-9(12)11-8-13-10-6-4-2-3-5-7-10/h10H,2-8H2,1H3,(H,11,12). The normalized spacial score (nSPS) is 19.5. The average Bonchev–Trinajstić information content (AvgIpc) is 2.32. The van der Waals surface area contributed by atoms with E-state index in [0.29, 0.717) is 12.8 Å². The molecule has 0 radical (unpaired) electrons. The first-order valence-corrected chi connectivity index (χ1v) is 5.15. The van der Waals surface area contributed by atoms with Crippen LogP contribution in [0.5, 0.6) is 0 Å². The molecular formula is C10H19NO2. The SMILES string of the molecule is CC(=O)NCOC1CCCCCC1. The van der Waals surface area contributed by atoms with Crippen LogP contribution in [0.4, 0.5) is 0 Å². The molecular weight excluding hydrogens is 166 g/mol. The van der Waals surface area contributed by atoms with Crippen LogP contribution in [-0.2, 0) is 9.53 Å². The van der Waals surface area contributed by atoms with Gasteiger partial charge in [-0.15, -0.1) is 0 Å². The molecule has 0 aromatic rings. The Labute approximate surface area is 79.8 Å². The molecule has 0 saturated heterocycles. The molecule has 0 bridgehead atoms. The summed E-state index contributed by atoms with van der Waals surface area (Å²) in [5.74, 6) is -0.0198. The van der Waals surface area contributed by atoms with Gasteiger partial charge in [-0.2, -0.15) is 0 Å². The maximum Gasteiger partial charge on any atom is 0.218 e. The first-order valence-electron chi connectivity index (χ1n) is 5.15. The molecule has 76 valence electrons. The average molecular weight is 185 g/mol. The third-order valence-corrected chi connectivity index (χ3v) is 2.44. The van der Waals surface area contributed by atoms with E-state index in [9.17, 15) is 4.79 Å². The minimum Gasteiger partial charge on any atom is -0.358 e. The molecule has 0 atom stereocenters. The molecule has 1 aliphatic carbocycles. The Morgan fingerprint density at radius 3 is 2.46 bits per heavy atom. The molecule has 0 unspecified atom stereocenters. The second kappa shape index (κ2) is 5.97. The van der Waals surface area contributed by atoms with Gasteiger partial charge in [-0.1, -0.05) is 25.7 Å². The quantitative estimate of drug-likeness (QED) is 0.538. The lowest BCUT2D eigenvalue weighted by Crippen LogP contribution is -2.26. The van der Waals surface area contributed by atoms with E-state index in [0.717, 1.165) is 12.8 Å². The first kappa shape index (κ1) is 10.5. The van der Waals surface area contributed by atoms with Gasteiger partial charge in [-0.25, -0.2) is 0 Å². The van der Waals surface area contributed by atoms with Crippen molar-refractivity contribution in [1.29, 1.82) is 0 Å². The highest BCUT2D eigenvalue weighted by Gasteiger charge is 2.11. The topological polar surface area (TPSA) is 38.3 Å². The second-order valence-electron chi connectivity index (χ2n) is 3.66. The van der Waals surface area contributed by atoms with Gasteiger partial charge in [0.1, 0.15) is 6.73 Å². The van der Waals surface area contributed by atoms with Crippen molar-refractivity contribution < 1.29 is 9.53 Å². The predicted molar refractivity (Wildman–Crippen MR) is 51.3 cm³/mol. The van der Waals surface area contributed by atoms with Crippen molar-refractivity contribution in [2.75, 3.05) is 6.73 Å². The van der Waals surface area contributed by atoms with Crippen LogP contribution in [0.3, 0.4) is 0 Å². The fourth-order valence-corrected chi connectivity index (χ4v) is 1.67. The number of rotatable bonds is 3.